The van der Waals surface area contributed by atoms with Crippen LogP contribution < -0.4 is 20.7 Å². The van der Waals surface area contributed by atoms with Crippen LogP contribution in [0, 0.1) is 0 Å². The highest BCUT2D eigenvalue weighted by Crippen LogP contribution is 2.25. The molecule has 0 saturated carbocycles. The summed E-state index contributed by atoms with van der Waals surface area (Å²) in [6, 6.07) is 11.6. The van der Waals surface area contributed by atoms with Crippen molar-refractivity contribution in [3.05, 3.63) is 53.2 Å². The van der Waals surface area contributed by atoms with Crippen molar-refractivity contribution < 1.29 is 9.53 Å². The Morgan fingerprint density at radius 2 is 2.12 bits per heavy atom. The van der Waals surface area contributed by atoms with Crippen LogP contribution >= 0.6 is 9.24 Å². The van der Waals surface area contributed by atoms with E-state index in [4.69, 9.17) is 4.74 Å². The number of hydrogen-bond donors (Lipinski definition) is 2. The largest absolute Gasteiger partial charge is 0.473 e. The zero-order valence-electron chi connectivity index (χ0n) is 14.4. The number of nitrogens with one attached hydrogen (secondary N) is 2. The first-order valence-electron chi connectivity index (χ1n) is 8.58. The van der Waals surface area contributed by atoms with E-state index in [1.165, 1.54) is 0 Å². The lowest BCUT2D eigenvalue weighted by Gasteiger charge is -2.22. The van der Waals surface area contributed by atoms with Gasteiger partial charge in [0.1, 0.15) is 6.61 Å². The fourth-order valence-corrected chi connectivity index (χ4v) is 3.38. The van der Waals surface area contributed by atoms with Gasteiger partial charge >= 0.3 is 0 Å². The Kier molecular flexibility index (Phi) is 6.00. The second-order valence-electron chi connectivity index (χ2n) is 6.21. The minimum absolute atomic E-state index is 0.0903. The Hall–Kier alpha value is -1.97. The summed E-state index contributed by atoms with van der Waals surface area (Å²) in [7, 11) is 4.29. The minimum atomic E-state index is -0.0903. The number of carbonyl (C=O) groups is 1. The van der Waals surface area contributed by atoms with Crippen LogP contribution in [0.25, 0.3) is 0 Å². The molecule has 1 fully saturated rings. The van der Waals surface area contributed by atoms with E-state index in [0.29, 0.717) is 24.0 Å². The molecule has 1 aliphatic rings. The molecule has 1 aliphatic heterocycles. The lowest BCUT2D eigenvalue weighted by molar-refractivity contribution is 0.0963. The highest BCUT2D eigenvalue weighted by atomic mass is 31.0. The number of nitrogens with zero attached hydrogens (tertiary/aromatic N) is 1. The molecule has 0 radical (unpaired) electrons. The van der Waals surface area contributed by atoms with Crippen LogP contribution in [0.5, 0.6) is 5.88 Å². The third-order valence-electron chi connectivity index (χ3n) is 4.51. The maximum Gasteiger partial charge on any atom is 0.251 e. The summed E-state index contributed by atoms with van der Waals surface area (Å²) in [5, 5.41) is 6.96. The molecule has 0 spiro atoms. The topological polar surface area (TPSA) is 63.2 Å². The standard InChI is InChI=1S/C19H24N3O2P/c1-20-19(23)14-5-6-15(17(25)11-14)12-24-18-4-2-3-16(22-18)13-7-9-21-10-8-13/h2-6,11,13,21H,7-10,12,25H2,1H3,(H,20,23). The van der Waals surface area contributed by atoms with Crippen molar-refractivity contribution in [3.8, 4) is 5.88 Å². The monoisotopic (exact) mass is 357 g/mol. The second kappa shape index (κ2) is 8.41. The van der Waals surface area contributed by atoms with Crippen molar-refractivity contribution in [1.82, 2.24) is 15.6 Å². The first kappa shape index (κ1) is 17.8. The van der Waals surface area contributed by atoms with Crippen molar-refractivity contribution >= 4 is 20.5 Å². The summed E-state index contributed by atoms with van der Waals surface area (Å²) in [6.07, 6.45) is 2.24. The highest BCUT2D eigenvalue weighted by molar-refractivity contribution is 7.27. The number of carbonyl (C=O) groups excluding carboxylic acids is 1. The summed E-state index contributed by atoms with van der Waals surface area (Å²) in [5.74, 6) is 1.07. The molecule has 0 aliphatic carbocycles. The number of piperidine rings is 1. The molecule has 2 heterocycles. The van der Waals surface area contributed by atoms with Gasteiger partial charge in [-0.1, -0.05) is 12.1 Å². The molecule has 5 nitrogen and oxygen atoms in total. The predicted octanol–water partition coefficient (Wildman–Crippen LogP) is 1.99. The number of amides is 1. The summed E-state index contributed by atoms with van der Waals surface area (Å²) >= 11 is 0. The summed E-state index contributed by atoms with van der Waals surface area (Å²) < 4.78 is 5.89. The van der Waals surface area contributed by atoms with Gasteiger partial charge in [-0.25, -0.2) is 4.98 Å². The molecular weight excluding hydrogens is 333 g/mol. The van der Waals surface area contributed by atoms with Crippen LogP contribution in [0.2, 0.25) is 0 Å². The fourth-order valence-electron chi connectivity index (χ4n) is 3.02. The van der Waals surface area contributed by atoms with Gasteiger partial charge in [-0.15, -0.1) is 9.24 Å². The van der Waals surface area contributed by atoms with Crippen molar-refractivity contribution in [2.24, 2.45) is 0 Å². The molecule has 132 valence electrons. The van der Waals surface area contributed by atoms with Gasteiger partial charge in [0, 0.05) is 30.3 Å². The Bertz CT molecular complexity index is 745. The van der Waals surface area contributed by atoms with Gasteiger partial charge in [0.2, 0.25) is 5.88 Å². The molecule has 1 aromatic heterocycles. The maximum absolute atomic E-state index is 11.7. The number of benzene rings is 1. The van der Waals surface area contributed by atoms with E-state index in [9.17, 15) is 4.79 Å². The second-order valence-corrected chi connectivity index (χ2v) is 6.83. The number of ether oxygens (including phenoxy) is 1. The smallest absolute Gasteiger partial charge is 0.251 e. The average Bonchev–Trinajstić information content (AvgIpc) is 2.67. The van der Waals surface area contributed by atoms with E-state index < -0.39 is 0 Å². The fraction of sp³-hybridized carbons (Fsp3) is 0.368. The van der Waals surface area contributed by atoms with Gasteiger partial charge in [-0.2, -0.15) is 0 Å². The number of rotatable bonds is 5. The van der Waals surface area contributed by atoms with Crippen LogP contribution in [0.3, 0.4) is 0 Å². The molecule has 1 aromatic carbocycles. The molecule has 2 N–H and O–H groups in total. The third kappa shape index (κ3) is 4.56. The molecule has 6 heteroatoms. The van der Waals surface area contributed by atoms with Crippen LogP contribution in [0.15, 0.2) is 36.4 Å². The van der Waals surface area contributed by atoms with E-state index in [2.05, 4.69) is 30.9 Å². The minimum Gasteiger partial charge on any atom is -0.473 e. The molecule has 1 unspecified atom stereocenters. The van der Waals surface area contributed by atoms with Crippen molar-refractivity contribution in [3.63, 3.8) is 0 Å². The van der Waals surface area contributed by atoms with Gasteiger partial charge in [0.25, 0.3) is 5.91 Å². The summed E-state index contributed by atoms with van der Waals surface area (Å²) in [6.45, 7) is 2.52. The van der Waals surface area contributed by atoms with Crippen molar-refractivity contribution in [2.45, 2.75) is 25.4 Å². The Morgan fingerprint density at radius 1 is 1.32 bits per heavy atom. The first-order valence-corrected chi connectivity index (χ1v) is 9.16. The van der Waals surface area contributed by atoms with E-state index in [1.807, 2.05) is 30.3 Å². The van der Waals surface area contributed by atoms with Gasteiger partial charge < -0.3 is 15.4 Å². The van der Waals surface area contributed by atoms with Crippen LogP contribution in [-0.2, 0) is 6.61 Å². The zero-order valence-corrected chi connectivity index (χ0v) is 15.6. The zero-order chi connectivity index (χ0) is 17.6. The van der Waals surface area contributed by atoms with Crippen LogP contribution in [0.1, 0.15) is 40.4 Å². The molecule has 1 saturated heterocycles. The molecule has 25 heavy (non-hydrogen) atoms. The highest BCUT2D eigenvalue weighted by Gasteiger charge is 2.17. The first-order chi connectivity index (χ1) is 12.2. The molecule has 2 aromatic rings. The lowest BCUT2D eigenvalue weighted by atomic mass is 9.94. The number of hydrogen-bond acceptors (Lipinski definition) is 4. The van der Waals surface area contributed by atoms with Crippen molar-refractivity contribution in [1.29, 1.82) is 0 Å². The lowest BCUT2D eigenvalue weighted by Crippen LogP contribution is -2.27. The normalized spacial score (nSPS) is 15.0. The predicted molar refractivity (Wildman–Crippen MR) is 103 cm³/mol. The summed E-state index contributed by atoms with van der Waals surface area (Å²) in [4.78, 5) is 16.4. The SMILES string of the molecule is CNC(=O)c1ccc(COc2cccc(C3CCNCC3)n2)c(P)c1. The number of aromatic nitrogens is 1. The van der Waals surface area contributed by atoms with E-state index in [0.717, 1.165) is 42.5 Å². The van der Waals surface area contributed by atoms with Gasteiger partial charge in [-0.05, 0) is 55.0 Å². The van der Waals surface area contributed by atoms with Gasteiger partial charge in [0.15, 0.2) is 0 Å². The van der Waals surface area contributed by atoms with E-state index in [1.54, 1.807) is 7.05 Å². The quantitative estimate of drug-likeness (QED) is 0.804. The van der Waals surface area contributed by atoms with Gasteiger partial charge in [0.05, 0.1) is 0 Å². The Labute approximate surface area is 150 Å². The Balaban J connectivity index is 1.66. The van der Waals surface area contributed by atoms with E-state index >= 15 is 0 Å². The van der Waals surface area contributed by atoms with Gasteiger partial charge in [-0.3, -0.25) is 4.79 Å². The number of pyridine rings is 1. The molecule has 1 amide bonds. The molecular formula is C19H24N3O2P. The Morgan fingerprint density at radius 3 is 2.84 bits per heavy atom. The van der Waals surface area contributed by atoms with Crippen molar-refractivity contribution in [2.75, 3.05) is 20.1 Å². The third-order valence-corrected chi connectivity index (χ3v) is 5.05. The average molecular weight is 357 g/mol. The summed E-state index contributed by atoms with van der Waals surface area (Å²) in [5.41, 5.74) is 2.77. The maximum atomic E-state index is 11.7. The van der Waals surface area contributed by atoms with Crippen LogP contribution in [-0.4, -0.2) is 31.0 Å². The van der Waals surface area contributed by atoms with Crippen LogP contribution in [0.4, 0.5) is 0 Å². The van der Waals surface area contributed by atoms with E-state index in [-0.39, 0.29) is 5.91 Å². The molecule has 1 atom stereocenters. The molecule has 3 rings (SSSR count). The molecule has 0 bridgehead atoms.